The summed E-state index contributed by atoms with van der Waals surface area (Å²) in [5.74, 6) is 0. The second-order valence-corrected chi connectivity index (χ2v) is 5.84. The van der Waals surface area contributed by atoms with Crippen LogP contribution in [0.4, 0.5) is 4.79 Å². The first-order chi connectivity index (χ1) is 8.96. The lowest BCUT2D eigenvalue weighted by molar-refractivity contribution is 0.0522. The standard InChI is InChI=1S/C15H22N2O2/c1-15(2,3)19-14(18)17-10-13-12-7-5-4-6-11(12)8-9-16-13/h4-7,13,16H,8-10H2,1-3H3,(H,17,18)/t13-/m1/s1. The number of hydrogen-bond donors (Lipinski definition) is 2. The molecule has 0 spiro atoms. The van der Waals surface area contributed by atoms with Crippen LogP contribution in [0.5, 0.6) is 0 Å². The van der Waals surface area contributed by atoms with Crippen LogP contribution < -0.4 is 10.6 Å². The molecule has 2 N–H and O–H groups in total. The van der Waals surface area contributed by atoms with Crippen LogP contribution in [0.3, 0.4) is 0 Å². The van der Waals surface area contributed by atoms with Crippen molar-refractivity contribution in [3.05, 3.63) is 35.4 Å². The number of rotatable bonds is 2. The van der Waals surface area contributed by atoms with Crippen LogP contribution in [0.15, 0.2) is 24.3 Å². The van der Waals surface area contributed by atoms with Crippen LogP contribution >= 0.6 is 0 Å². The van der Waals surface area contributed by atoms with Crippen molar-refractivity contribution in [3.8, 4) is 0 Å². The number of ether oxygens (including phenoxy) is 1. The number of nitrogens with one attached hydrogen (secondary N) is 2. The summed E-state index contributed by atoms with van der Waals surface area (Å²) >= 11 is 0. The number of alkyl carbamates (subject to hydrolysis) is 1. The third-order valence-electron chi connectivity index (χ3n) is 3.06. The molecule has 1 atom stereocenters. The molecule has 1 aromatic carbocycles. The van der Waals surface area contributed by atoms with Gasteiger partial charge in [-0.15, -0.1) is 0 Å². The molecule has 0 saturated heterocycles. The topological polar surface area (TPSA) is 50.4 Å². The highest BCUT2D eigenvalue weighted by molar-refractivity contribution is 5.67. The van der Waals surface area contributed by atoms with Crippen LogP contribution in [0.1, 0.15) is 37.9 Å². The molecule has 0 bridgehead atoms. The number of carbonyl (C=O) groups is 1. The minimum Gasteiger partial charge on any atom is -0.444 e. The van der Waals surface area contributed by atoms with Gasteiger partial charge in [0, 0.05) is 6.54 Å². The van der Waals surface area contributed by atoms with E-state index < -0.39 is 5.60 Å². The Morgan fingerprint density at radius 3 is 2.89 bits per heavy atom. The lowest BCUT2D eigenvalue weighted by Crippen LogP contribution is -2.40. The molecule has 0 aliphatic carbocycles. The summed E-state index contributed by atoms with van der Waals surface area (Å²) < 4.78 is 5.24. The summed E-state index contributed by atoms with van der Waals surface area (Å²) in [7, 11) is 0. The summed E-state index contributed by atoms with van der Waals surface area (Å²) in [6.45, 7) is 7.08. The van der Waals surface area contributed by atoms with Crippen molar-refractivity contribution in [2.45, 2.75) is 38.8 Å². The maximum absolute atomic E-state index is 11.7. The van der Waals surface area contributed by atoms with E-state index in [1.54, 1.807) is 0 Å². The first kappa shape index (κ1) is 13.9. The van der Waals surface area contributed by atoms with Crippen molar-refractivity contribution in [3.63, 3.8) is 0 Å². The van der Waals surface area contributed by atoms with Gasteiger partial charge >= 0.3 is 6.09 Å². The molecule has 0 aromatic heterocycles. The molecule has 1 aromatic rings. The zero-order valence-corrected chi connectivity index (χ0v) is 11.8. The third kappa shape index (κ3) is 3.96. The zero-order chi connectivity index (χ0) is 13.9. The molecular formula is C15H22N2O2. The molecule has 0 radical (unpaired) electrons. The third-order valence-corrected chi connectivity index (χ3v) is 3.06. The molecule has 0 unspecified atom stereocenters. The Balaban J connectivity index is 1.93. The highest BCUT2D eigenvalue weighted by atomic mass is 16.6. The lowest BCUT2D eigenvalue weighted by atomic mass is 9.94. The van der Waals surface area contributed by atoms with E-state index in [0.29, 0.717) is 6.54 Å². The fraction of sp³-hybridized carbons (Fsp3) is 0.533. The van der Waals surface area contributed by atoms with Gasteiger partial charge in [-0.1, -0.05) is 24.3 Å². The summed E-state index contributed by atoms with van der Waals surface area (Å²) in [5.41, 5.74) is 2.17. The fourth-order valence-corrected chi connectivity index (χ4v) is 2.27. The Morgan fingerprint density at radius 1 is 1.42 bits per heavy atom. The maximum atomic E-state index is 11.7. The average Bonchev–Trinajstić information content (AvgIpc) is 2.34. The monoisotopic (exact) mass is 262 g/mol. The largest absolute Gasteiger partial charge is 0.444 e. The Morgan fingerprint density at radius 2 is 2.16 bits per heavy atom. The van der Waals surface area contributed by atoms with E-state index in [9.17, 15) is 4.79 Å². The van der Waals surface area contributed by atoms with Gasteiger partial charge in [0.1, 0.15) is 5.60 Å². The highest BCUT2D eigenvalue weighted by Crippen LogP contribution is 2.21. The van der Waals surface area contributed by atoms with Crippen molar-refractivity contribution in [2.24, 2.45) is 0 Å². The summed E-state index contributed by atoms with van der Waals surface area (Å²) in [6.07, 6.45) is 0.677. The maximum Gasteiger partial charge on any atom is 0.407 e. The van der Waals surface area contributed by atoms with Crippen LogP contribution in [-0.2, 0) is 11.2 Å². The van der Waals surface area contributed by atoms with E-state index in [-0.39, 0.29) is 12.1 Å². The number of benzene rings is 1. The summed E-state index contributed by atoms with van der Waals surface area (Å²) in [4.78, 5) is 11.7. The molecule has 0 saturated carbocycles. The fourth-order valence-electron chi connectivity index (χ4n) is 2.27. The van der Waals surface area contributed by atoms with E-state index in [1.165, 1.54) is 11.1 Å². The van der Waals surface area contributed by atoms with Gasteiger partial charge in [-0.3, -0.25) is 0 Å². The molecule has 1 aliphatic rings. The smallest absolute Gasteiger partial charge is 0.407 e. The Bertz CT molecular complexity index is 452. The van der Waals surface area contributed by atoms with E-state index in [4.69, 9.17) is 4.74 Å². The van der Waals surface area contributed by atoms with Gasteiger partial charge in [0.25, 0.3) is 0 Å². The zero-order valence-electron chi connectivity index (χ0n) is 11.8. The van der Waals surface area contributed by atoms with E-state index in [0.717, 1.165) is 13.0 Å². The molecule has 4 heteroatoms. The van der Waals surface area contributed by atoms with Gasteiger partial charge in [-0.05, 0) is 44.9 Å². The molecule has 4 nitrogen and oxygen atoms in total. The minimum atomic E-state index is -0.456. The van der Waals surface area contributed by atoms with Crippen LogP contribution in [0.2, 0.25) is 0 Å². The quantitative estimate of drug-likeness (QED) is 0.860. The van der Waals surface area contributed by atoms with Crippen molar-refractivity contribution < 1.29 is 9.53 Å². The van der Waals surface area contributed by atoms with Crippen molar-refractivity contribution in [1.29, 1.82) is 0 Å². The van der Waals surface area contributed by atoms with Gasteiger partial charge in [-0.2, -0.15) is 0 Å². The second-order valence-electron chi connectivity index (χ2n) is 5.84. The van der Waals surface area contributed by atoms with Crippen molar-refractivity contribution >= 4 is 6.09 Å². The minimum absolute atomic E-state index is 0.164. The van der Waals surface area contributed by atoms with Gasteiger partial charge in [0.2, 0.25) is 0 Å². The number of hydrogen-bond acceptors (Lipinski definition) is 3. The first-order valence-corrected chi connectivity index (χ1v) is 6.74. The van der Waals surface area contributed by atoms with Crippen LogP contribution in [0.25, 0.3) is 0 Å². The number of amides is 1. The SMILES string of the molecule is CC(C)(C)OC(=O)NC[C@H]1NCCc2ccccc21. The van der Waals surface area contributed by atoms with E-state index in [2.05, 4.69) is 28.8 Å². The Labute approximate surface area is 114 Å². The first-order valence-electron chi connectivity index (χ1n) is 6.74. The van der Waals surface area contributed by atoms with E-state index >= 15 is 0 Å². The number of carbonyl (C=O) groups excluding carboxylic acids is 1. The average molecular weight is 262 g/mol. The summed E-state index contributed by atoms with van der Waals surface area (Å²) in [5, 5.41) is 6.25. The molecule has 104 valence electrons. The van der Waals surface area contributed by atoms with E-state index in [1.807, 2.05) is 26.8 Å². The molecule has 1 amide bonds. The normalized spacial score (nSPS) is 18.6. The van der Waals surface area contributed by atoms with Crippen LogP contribution in [-0.4, -0.2) is 24.8 Å². The molecule has 1 heterocycles. The highest BCUT2D eigenvalue weighted by Gasteiger charge is 2.21. The van der Waals surface area contributed by atoms with Gasteiger partial charge < -0.3 is 15.4 Å². The van der Waals surface area contributed by atoms with Crippen molar-refractivity contribution in [2.75, 3.05) is 13.1 Å². The van der Waals surface area contributed by atoms with Crippen LogP contribution in [0, 0.1) is 0 Å². The molecule has 19 heavy (non-hydrogen) atoms. The van der Waals surface area contributed by atoms with Crippen molar-refractivity contribution in [1.82, 2.24) is 10.6 Å². The molecular weight excluding hydrogens is 240 g/mol. The molecule has 0 fully saturated rings. The second kappa shape index (κ2) is 5.61. The predicted molar refractivity (Wildman–Crippen MR) is 75.1 cm³/mol. The Hall–Kier alpha value is -1.55. The molecule has 2 rings (SSSR count). The summed E-state index contributed by atoms with van der Waals surface area (Å²) in [6, 6.07) is 8.52. The van der Waals surface area contributed by atoms with Gasteiger partial charge in [0.15, 0.2) is 0 Å². The van der Waals surface area contributed by atoms with Gasteiger partial charge in [-0.25, -0.2) is 4.79 Å². The predicted octanol–water partition coefficient (Wildman–Crippen LogP) is 2.40. The Kier molecular flexibility index (Phi) is 4.10. The number of fused-ring (bicyclic) bond motifs is 1. The lowest BCUT2D eigenvalue weighted by Gasteiger charge is -2.27. The molecule has 1 aliphatic heterocycles. The van der Waals surface area contributed by atoms with Gasteiger partial charge in [0.05, 0.1) is 6.04 Å².